The lowest BCUT2D eigenvalue weighted by Gasteiger charge is -2.17. The number of hydrogen-bond donors (Lipinski definition) is 1. The Hall–Kier alpha value is -1.13. The number of nitrogens with zero attached hydrogens (tertiary/aromatic N) is 2. The van der Waals surface area contributed by atoms with Crippen LogP contribution in [0.15, 0.2) is 12.1 Å². The number of hydrogen-bond acceptors (Lipinski definition) is 4. The summed E-state index contributed by atoms with van der Waals surface area (Å²) in [7, 11) is 0. The van der Waals surface area contributed by atoms with Crippen LogP contribution >= 0.6 is 11.3 Å². The molecule has 1 saturated heterocycles. The van der Waals surface area contributed by atoms with Crippen LogP contribution in [-0.4, -0.2) is 31.2 Å². The zero-order chi connectivity index (χ0) is 12.5. The average molecular weight is 261 g/mol. The van der Waals surface area contributed by atoms with Crippen LogP contribution in [0.25, 0.3) is 10.2 Å². The van der Waals surface area contributed by atoms with Gasteiger partial charge in [0, 0.05) is 19.6 Å². The van der Waals surface area contributed by atoms with Gasteiger partial charge in [0.05, 0.1) is 10.2 Å². The van der Waals surface area contributed by atoms with Gasteiger partial charge in [0.1, 0.15) is 0 Å². The summed E-state index contributed by atoms with van der Waals surface area (Å²) in [5, 5.41) is 4.62. The molecule has 96 valence electrons. The number of fused-ring (bicyclic) bond motifs is 1. The van der Waals surface area contributed by atoms with Gasteiger partial charge in [-0.1, -0.05) is 17.4 Å². The molecule has 2 aromatic rings. The van der Waals surface area contributed by atoms with Gasteiger partial charge in [0.15, 0.2) is 5.13 Å². The summed E-state index contributed by atoms with van der Waals surface area (Å²) in [5.41, 5.74) is 3.81. The van der Waals surface area contributed by atoms with Crippen LogP contribution < -0.4 is 10.2 Å². The largest absolute Gasteiger partial charge is 0.347 e. The highest BCUT2D eigenvalue weighted by Gasteiger charge is 2.14. The molecule has 1 fully saturated rings. The monoisotopic (exact) mass is 261 g/mol. The summed E-state index contributed by atoms with van der Waals surface area (Å²) in [6.45, 7) is 8.69. The van der Waals surface area contributed by atoms with Gasteiger partial charge < -0.3 is 10.2 Å². The molecular formula is C14H19N3S. The van der Waals surface area contributed by atoms with Crippen molar-refractivity contribution >= 4 is 26.7 Å². The van der Waals surface area contributed by atoms with Crippen LogP contribution in [-0.2, 0) is 0 Å². The van der Waals surface area contributed by atoms with E-state index in [1.54, 1.807) is 0 Å². The molecule has 1 aromatic heterocycles. The van der Waals surface area contributed by atoms with Crippen molar-refractivity contribution in [2.45, 2.75) is 20.3 Å². The number of benzene rings is 1. The molecule has 0 unspecified atom stereocenters. The van der Waals surface area contributed by atoms with E-state index < -0.39 is 0 Å². The number of anilines is 1. The van der Waals surface area contributed by atoms with E-state index in [0.717, 1.165) is 31.7 Å². The third-order valence-corrected chi connectivity index (χ3v) is 4.69. The third kappa shape index (κ3) is 2.22. The standard InChI is InChI=1S/C14H19N3S/c1-10-8-11(2)13-12(9-10)16-14(18-13)17-6-3-4-15-5-7-17/h8-9,15H,3-7H2,1-2H3. The van der Waals surface area contributed by atoms with Crippen LogP contribution in [0.4, 0.5) is 5.13 Å². The van der Waals surface area contributed by atoms with E-state index in [9.17, 15) is 0 Å². The fourth-order valence-electron chi connectivity index (χ4n) is 2.54. The molecule has 0 amide bonds. The van der Waals surface area contributed by atoms with Crippen molar-refractivity contribution in [3.63, 3.8) is 0 Å². The zero-order valence-corrected chi connectivity index (χ0v) is 11.8. The Bertz CT molecular complexity index is 553. The highest BCUT2D eigenvalue weighted by Crippen LogP contribution is 2.32. The molecule has 4 heteroatoms. The summed E-state index contributed by atoms with van der Waals surface area (Å²) in [5.74, 6) is 0. The Morgan fingerprint density at radius 2 is 2.11 bits per heavy atom. The number of thiazole rings is 1. The Morgan fingerprint density at radius 1 is 1.22 bits per heavy atom. The number of nitrogens with one attached hydrogen (secondary N) is 1. The number of aromatic nitrogens is 1. The normalized spacial score (nSPS) is 17.1. The van der Waals surface area contributed by atoms with Gasteiger partial charge in [0.2, 0.25) is 0 Å². The Balaban J connectivity index is 1.99. The molecule has 0 saturated carbocycles. The van der Waals surface area contributed by atoms with Gasteiger partial charge in [-0.3, -0.25) is 0 Å². The first-order valence-corrected chi connectivity index (χ1v) is 7.39. The molecule has 0 aliphatic carbocycles. The maximum absolute atomic E-state index is 4.82. The van der Waals surface area contributed by atoms with Crippen LogP contribution in [0.2, 0.25) is 0 Å². The quantitative estimate of drug-likeness (QED) is 0.855. The average Bonchev–Trinajstić information content (AvgIpc) is 2.59. The van der Waals surface area contributed by atoms with E-state index in [1.165, 1.54) is 27.4 Å². The molecule has 1 aliphatic rings. The minimum Gasteiger partial charge on any atom is -0.347 e. The van der Waals surface area contributed by atoms with Crippen molar-refractivity contribution in [3.8, 4) is 0 Å². The molecule has 3 rings (SSSR count). The van der Waals surface area contributed by atoms with Gasteiger partial charge >= 0.3 is 0 Å². The molecule has 0 spiro atoms. The lowest BCUT2D eigenvalue weighted by Crippen LogP contribution is -2.27. The van der Waals surface area contributed by atoms with Crippen molar-refractivity contribution in [2.24, 2.45) is 0 Å². The Labute approximate surface area is 112 Å². The topological polar surface area (TPSA) is 28.2 Å². The first kappa shape index (κ1) is 11.9. The van der Waals surface area contributed by atoms with Crippen LogP contribution in [0.5, 0.6) is 0 Å². The summed E-state index contributed by atoms with van der Waals surface area (Å²) in [6.07, 6.45) is 1.20. The van der Waals surface area contributed by atoms with Gasteiger partial charge in [-0.2, -0.15) is 0 Å². The fraction of sp³-hybridized carbons (Fsp3) is 0.500. The van der Waals surface area contributed by atoms with E-state index in [0.29, 0.717) is 0 Å². The molecule has 3 nitrogen and oxygen atoms in total. The second-order valence-electron chi connectivity index (χ2n) is 5.02. The first-order valence-electron chi connectivity index (χ1n) is 6.57. The molecule has 0 bridgehead atoms. The molecule has 1 aliphatic heterocycles. The predicted molar refractivity (Wildman–Crippen MR) is 78.8 cm³/mol. The second kappa shape index (κ2) is 4.86. The van der Waals surface area contributed by atoms with Crippen LogP contribution in [0.1, 0.15) is 17.5 Å². The number of rotatable bonds is 1. The van der Waals surface area contributed by atoms with Gasteiger partial charge in [-0.05, 0) is 44.0 Å². The summed E-state index contributed by atoms with van der Waals surface area (Å²) >= 11 is 1.84. The fourth-order valence-corrected chi connectivity index (χ4v) is 3.60. The van der Waals surface area contributed by atoms with E-state index in [4.69, 9.17) is 4.98 Å². The minimum atomic E-state index is 1.06. The molecule has 0 atom stereocenters. The van der Waals surface area contributed by atoms with Gasteiger partial charge in [-0.25, -0.2) is 4.98 Å². The maximum Gasteiger partial charge on any atom is 0.186 e. The van der Waals surface area contributed by atoms with Crippen LogP contribution in [0.3, 0.4) is 0 Å². The zero-order valence-electron chi connectivity index (χ0n) is 11.0. The highest BCUT2D eigenvalue weighted by atomic mass is 32.1. The molecule has 2 heterocycles. The SMILES string of the molecule is Cc1cc(C)c2sc(N3CCCNCC3)nc2c1. The van der Waals surface area contributed by atoms with Crippen molar-refractivity contribution in [3.05, 3.63) is 23.3 Å². The van der Waals surface area contributed by atoms with Crippen molar-refractivity contribution in [2.75, 3.05) is 31.1 Å². The van der Waals surface area contributed by atoms with Crippen molar-refractivity contribution < 1.29 is 0 Å². The predicted octanol–water partition coefficient (Wildman–Crippen LogP) is 2.71. The van der Waals surface area contributed by atoms with Gasteiger partial charge in [-0.15, -0.1) is 0 Å². The first-order chi connectivity index (χ1) is 8.74. The lowest BCUT2D eigenvalue weighted by molar-refractivity contribution is 0.724. The molecule has 1 aromatic carbocycles. The molecule has 18 heavy (non-hydrogen) atoms. The third-order valence-electron chi connectivity index (χ3n) is 3.42. The van der Waals surface area contributed by atoms with Crippen molar-refractivity contribution in [1.29, 1.82) is 0 Å². The highest BCUT2D eigenvalue weighted by molar-refractivity contribution is 7.22. The molecule has 0 radical (unpaired) electrons. The second-order valence-corrected chi connectivity index (χ2v) is 5.99. The van der Waals surface area contributed by atoms with Crippen LogP contribution in [0, 0.1) is 13.8 Å². The smallest absolute Gasteiger partial charge is 0.186 e. The van der Waals surface area contributed by atoms with E-state index in [2.05, 4.69) is 36.2 Å². The maximum atomic E-state index is 4.82. The Morgan fingerprint density at radius 3 is 3.00 bits per heavy atom. The van der Waals surface area contributed by atoms with E-state index in [-0.39, 0.29) is 0 Å². The summed E-state index contributed by atoms with van der Waals surface area (Å²) in [6, 6.07) is 4.44. The molecular weight excluding hydrogens is 242 g/mol. The lowest BCUT2D eigenvalue weighted by atomic mass is 10.1. The summed E-state index contributed by atoms with van der Waals surface area (Å²) < 4.78 is 1.34. The minimum absolute atomic E-state index is 1.06. The Kier molecular flexibility index (Phi) is 3.22. The van der Waals surface area contributed by atoms with E-state index in [1.807, 2.05) is 11.3 Å². The number of aryl methyl sites for hydroxylation is 2. The van der Waals surface area contributed by atoms with E-state index >= 15 is 0 Å². The van der Waals surface area contributed by atoms with Gasteiger partial charge in [0.25, 0.3) is 0 Å². The summed E-state index contributed by atoms with van der Waals surface area (Å²) in [4.78, 5) is 7.23. The molecule has 1 N–H and O–H groups in total. The van der Waals surface area contributed by atoms with Crippen molar-refractivity contribution in [1.82, 2.24) is 10.3 Å².